The second kappa shape index (κ2) is 10.7. The van der Waals surface area contributed by atoms with Crippen LogP contribution in [0.2, 0.25) is 0 Å². The molecule has 0 aliphatic carbocycles. The normalized spacial score (nSPS) is 12.1. The van der Waals surface area contributed by atoms with E-state index < -0.39 is 29.6 Å². The lowest BCUT2D eigenvalue weighted by Crippen LogP contribution is -2.46. The molecule has 0 aliphatic rings. The highest BCUT2D eigenvalue weighted by Gasteiger charge is 2.30. The summed E-state index contributed by atoms with van der Waals surface area (Å²) >= 11 is 0. The fourth-order valence-corrected chi connectivity index (χ4v) is 3.21. The molecule has 0 unspecified atom stereocenters. The molecule has 5 nitrogen and oxygen atoms in total. The molecule has 3 rings (SSSR count). The average molecular weight is 456 g/mol. The van der Waals surface area contributed by atoms with Crippen molar-refractivity contribution in [3.8, 4) is 5.75 Å². The van der Waals surface area contributed by atoms with E-state index in [0.29, 0.717) is 12.4 Å². The van der Waals surface area contributed by atoms with E-state index in [2.05, 4.69) is 5.32 Å². The molecule has 3 aromatic carbocycles. The zero-order chi connectivity index (χ0) is 23.8. The molecule has 0 aliphatic heterocycles. The maximum atomic E-state index is 12.9. The Bertz CT molecular complexity index is 1080. The van der Waals surface area contributed by atoms with Crippen molar-refractivity contribution in [3.63, 3.8) is 0 Å². The second-order valence-corrected chi connectivity index (χ2v) is 7.52. The van der Waals surface area contributed by atoms with Crippen LogP contribution in [0.5, 0.6) is 5.75 Å². The van der Waals surface area contributed by atoms with Gasteiger partial charge >= 0.3 is 6.18 Å². The van der Waals surface area contributed by atoms with E-state index in [1.54, 1.807) is 24.3 Å². The molecule has 1 atom stereocenters. The molecular weight excluding hydrogens is 433 g/mol. The van der Waals surface area contributed by atoms with E-state index in [1.165, 1.54) is 12.1 Å². The summed E-state index contributed by atoms with van der Waals surface area (Å²) in [5, 5.41) is 2.51. The quantitative estimate of drug-likeness (QED) is 0.510. The van der Waals surface area contributed by atoms with Gasteiger partial charge in [-0.2, -0.15) is 13.2 Å². The third-order valence-electron chi connectivity index (χ3n) is 4.91. The highest BCUT2D eigenvalue weighted by Crippen LogP contribution is 2.29. The van der Waals surface area contributed by atoms with Crippen molar-refractivity contribution >= 4 is 11.8 Å². The minimum absolute atomic E-state index is 0.141. The number of carbonyl (C=O) groups is 2. The van der Waals surface area contributed by atoms with Gasteiger partial charge in [0.05, 0.1) is 12.0 Å². The molecule has 172 valence electrons. The van der Waals surface area contributed by atoms with E-state index >= 15 is 0 Å². The third kappa shape index (κ3) is 7.38. The van der Waals surface area contributed by atoms with E-state index in [0.717, 1.165) is 23.3 Å². The number of nitrogens with two attached hydrogens (primary N) is 1. The molecule has 3 aromatic rings. The average Bonchev–Trinajstić information content (AvgIpc) is 2.78. The highest BCUT2D eigenvalue weighted by atomic mass is 19.4. The number of amides is 2. The fraction of sp³-hybridized carbons (Fsp3) is 0.200. The Hall–Kier alpha value is -3.81. The van der Waals surface area contributed by atoms with Gasteiger partial charge in [-0.25, -0.2) is 0 Å². The lowest BCUT2D eigenvalue weighted by atomic mass is 10.0. The molecule has 8 heteroatoms. The molecule has 0 spiro atoms. The topological polar surface area (TPSA) is 81.4 Å². The summed E-state index contributed by atoms with van der Waals surface area (Å²) in [5.41, 5.74) is 6.54. The van der Waals surface area contributed by atoms with Crippen molar-refractivity contribution < 1.29 is 27.5 Å². The van der Waals surface area contributed by atoms with Crippen LogP contribution in [-0.4, -0.2) is 17.9 Å². The van der Waals surface area contributed by atoms with Gasteiger partial charge in [-0.05, 0) is 34.9 Å². The van der Waals surface area contributed by atoms with Gasteiger partial charge in [-0.15, -0.1) is 0 Å². The molecule has 0 radical (unpaired) electrons. The Labute approximate surface area is 189 Å². The number of hydrogen-bond acceptors (Lipinski definition) is 3. The number of benzene rings is 3. The van der Waals surface area contributed by atoms with Gasteiger partial charge in [0, 0.05) is 6.42 Å². The van der Waals surface area contributed by atoms with Crippen molar-refractivity contribution in [2.45, 2.75) is 31.7 Å². The minimum atomic E-state index is -4.50. The van der Waals surface area contributed by atoms with Gasteiger partial charge in [-0.3, -0.25) is 9.59 Å². The van der Waals surface area contributed by atoms with Gasteiger partial charge in [0.15, 0.2) is 0 Å². The molecule has 2 amide bonds. The standard InChI is InChI=1S/C25H23F3N2O3/c26-25(27,28)20-8-4-7-19(13-20)15-23(31)30-22(24(29)32)14-17-9-11-21(12-10-17)33-16-18-5-2-1-3-6-18/h1-13,22H,14-16H2,(H2,29,32)(H,30,31)/t22-/m0/s1. The number of rotatable bonds is 9. The van der Waals surface area contributed by atoms with Gasteiger partial charge in [0.25, 0.3) is 0 Å². The number of hydrogen-bond donors (Lipinski definition) is 2. The second-order valence-electron chi connectivity index (χ2n) is 7.52. The van der Waals surface area contributed by atoms with Crippen LogP contribution in [0, 0.1) is 0 Å². The summed E-state index contributed by atoms with van der Waals surface area (Å²) in [4.78, 5) is 24.2. The van der Waals surface area contributed by atoms with Crippen LogP contribution in [-0.2, 0) is 35.2 Å². The maximum absolute atomic E-state index is 12.9. The van der Waals surface area contributed by atoms with Crippen molar-refractivity contribution in [3.05, 3.63) is 101 Å². The van der Waals surface area contributed by atoms with E-state index in [-0.39, 0.29) is 18.4 Å². The number of alkyl halides is 3. The highest BCUT2D eigenvalue weighted by molar-refractivity contribution is 5.87. The van der Waals surface area contributed by atoms with Crippen LogP contribution < -0.4 is 15.8 Å². The smallest absolute Gasteiger partial charge is 0.416 e. The molecule has 0 heterocycles. The fourth-order valence-electron chi connectivity index (χ4n) is 3.21. The molecule has 0 aromatic heterocycles. The molecule has 0 saturated heterocycles. The minimum Gasteiger partial charge on any atom is -0.489 e. The number of nitrogens with one attached hydrogen (secondary N) is 1. The first kappa shape index (κ1) is 23.8. The summed E-state index contributed by atoms with van der Waals surface area (Å²) in [6.07, 6.45) is -4.66. The lowest BCUT2D eigenvalue weighted by Gasteiger charge is -2.16. The zero-order valence-electron chi connectivity index (χ0n) is 17.6. The molecule has 0 bridgehead atoms. The predicted octanol–water partition coefficient (Wildman–Crippen LogP) is 4.04. The monoisotopic (exact) mass is 456 g/mol. The van der Waals surface area contributed by atoms with E-state index in [1.807, 2.05) is 30.3 Å². The summed E-state index contributed by atoms with van der Waals surface area (Å²) in [6, 6.07) is 20.2. The van der Waals surface area contributed by atoms with Crippen molar-refractivity contribution in [2.24, 2.45) is 5.73 Å². The van der Waals surface area contributed by atoms with Crippen LogP contribution in [0.4, 0.5) is 13.2 Å². The maximum Gasteiger partial charge on any atom is 0.416 e. The zero-order valence-corrected chi connectivity index (χ0v) is 17.6. The van der Waals surface area contributed by atoms with Gasteiger partial charge in [0.1, 0.15) is 18.4 Å². The molecule has 33 heavy (non-hydrogen) atoms. The lowest BCUT2D eigenvalue weighted by molar-refractivity contribution is -0.137. The number of primary amides is 1. The van der Waals surface area contributed by atoms with Crippen LogP contribution in [0.25, 0.3) is 0 Å². The Morgan fingerprint density at radius 2 is 1.55 bits per heavy atom. The molecular formula is C25H23F3N2O3. The predicted molar refractivity (Wildman–Crippen MR) is 117 cm³/mol. The van der Waals surface area contributed by atoms with Crippen molar-refractivity contribution in [1.29, 1.82) is 0 Å². The van der Waals surface area contributed by atoms with Gasteiger partial charge in [-0.1, -0.05) is 60.7 Å². The third-order valence-corrected chi connectivity index (χ3v) is 4.91. The Morgan fingerprint density at radius 3 is 2.18 bits per heavy atom. The SMILES string of the molecule is NC(=O)[C@H](Cc1ccc(OCc2ccccc2)cc1)NC(=O)Cc1cccc(C(F)(F)F)c1. The number of ether oxygens (including phenoxy) is 1. The first-order valence-corrected chi connectivity index (χ1v) is 10.2. The first-order valence-electron chi connectivity index (χ1n) is 10.2. The van der Waals surface area contributed by atoms with Crippen LogP contribution >= 0.6 is 0 Å². The Balaban J connectivity index is 1.57. The molecule has 3 N–H and O–H groups in total. The van der Waals surface area contributed by atoms with Crippen LogP contribution in [0.3, 0.4) is 0 Å². The number of halogens is 3. The first-order chi connectivity index (χ1) is 15.7. The number of carbonyl (C=O) groups excluding carboxylic acids is 2. The summed E-state index contributed by atoms with van der Waals surface area (Å²) in [7, 11) is 0. The van der Waals surface area contributed by atoms with Crippen LogP contribution in [0.1, 0.15) is 22.3 Å². The van der Waals surface area contributed by atoms with Crippen molar-refractivity contribution in [2.75, 3.05) is 0 Å². The van der Waals surface area contributed by atoms with Crippen LogP contribution in [0.15, 0.2) is 78.9 Å². The van der Waals surface area contributed by atoms with Crippen molar-refractivity contribution in [1.82, 2.24) is 5.32 Å². The molecule has 0 saturated carbocycles. The Kier molecular flexibility index (Phi) is 7.71. The van der Waals surface area contributed by atoms with E-state index in [4.69, 9.17) is 10.5 Å². The molecule has 0 fully saturated rings. The summed E-state index contributed by atoms with van der Waals surface area (Å²) < 4.78 is 44.3. The van der Waals surface area contributed by atoms with E-state index in [9.17, 15) is 22.8 Å². The largest absolute Gasteiger partial charge is 0.489 e. The van der Waals surface area contributed by atoms with Gasteiger partial charge < -0.3 is 15.8 Å². The summed E-state index contributed by atoms with van der Waals surface area (Å²) in [5.74, 6) is -0.690. The van der Waals surface area contributed by atoms with Gasteiger partial charge in [0.2, 0.25) is 11.8 Å². The summed E-state index contributed by atoms with van der Waals surface area (Å²) in [6.45, 7) is 0.412. The Morgan fingerprint density at radius 1 is 0.879 bits per heavy atom.